The first-order valence-corrected chi connectivity index (χ1v) is 7.19. The number of nitrogens with one attached hydrogen (secondary N) is 2. The highest BCUT2D eigenvalue weighted by molar-refractivity contribution is 9.10. The van der Waals surface area contributed by atoms with Gasteiger partial charge in [0.15, 0.2) is 5.82 Å². The molecular formula is C13H16BrClFN3O. The van der Waals surface area contributed by atoms with Crippen molar-refractivity contribution in [2.75, 3.05) is 0 Å². The Balaban J connectivity index is 0.00000147. The van der Waals surface area contributed by atoms with Crippen molar-refractivity contribution < 1.29 is 9.18 Å². The first kappa shape index (κ1) is 15.7. The van der Waals surface area contributed by atoms with Crippen LogP contribution >= 0.6 is 28.3 Å². The van der Waals surface area contributed by atoms with Crippen LogP contribution in [0.5, 0.6) is 0 Å². The quantitative estimate of drug-likeness (QED) is 0.808. The van der Waals surface area contributed by atoms with E-state index >= 15 is 0 Å². The summed E-state index contributed by atoms with van der Waals surface area (Å²) in [6.07, 6.45) is 2.13. The highest BCUT2D eigenvalue weighted by Crippen LogP contribution is 2.40. The van der Waals surface area contributed by atoms with Gasteiger partial charge in [0.1, 0.15) is 4.60 Å². The van der Waals surface area contributed by atoms with Crippen molar-refractivity contribution in [1.82, 2.24) is 15.6 Å². The zero-order valence-electron chi connectivity index (χ0n) is 11.0. The molecule has 1 aliphatic carbocycles. The maximum atomic E-state index is 13.2. The average Bonchev–Trinajstić information content (AvgIpc) is 2.98. The van der Waals surface area contributed by atoms with Crippen molar-refractivity contribution in [1.29, 1.82) is 0 Å². The van der Waals surface area contributed by atoms with E-state index in [2.05, 4.69) is 31.5 Å². The molecule has 2 heterocycles. The third kappa shape index (κ3) is 3.13. The van der Waals surface area contributed by atoms with Gasteiger partial charge in [0.05, 0.1) is 18.3 Å². The molecule has 20 heavy (non-hydrogen) atoms. The molecule has 0 spiro atoms. The molecular weight excluding hydrogens is 349 g/mol. The standard InChI is InChI=1S/C13H15BrFN3O.ClH/c1-6-2-8(15)12(14)18-11(6)5-16-13(19)10-4-7-3-9(7)17-10;/h2,7,9-10,17H,3-5H2,1H3,(H,16,19);1H. The number of aromatic nitrogens is 1. The second-order valence-electron chi connectivity index (χ2n) is 5.30. The zero-order chi connectivity index (χ0) is 13.6. The number of hydrogen-bond donors (Lipinski definition) is 2. The fourth-order valence-corrected chi connectivity index (χ4v) is 2.92. The average molecular weight is 365 g/mol. The van der Waals surface area contributed by atoms with Crippen LogP contribution in [0.15, 0.2) is 10.7 Å². The highest BCUT2D eigenvalue weighted by atomic mass is 79.9. The predicted molar refractivity (Wildman–Crippen MR) is 79.2 cm³/mol. The summed E-state index contributed by atoms with van der Waals surface area (Å²) in [4.78, 5) is 16.1. The Morgan fingerprint density at radius 3 is 3.00 bits per heavy atom. The minimum atomic E-state index is -0.384. The molecule has 1 saturated carbocycles. The molecule has 3 rings (SSSR count). The van der Waals surface area contributed by atoms with Crippen LogP contribution < -0.4 is 10.6 Å². The molecule has 4 nitrogen and oxygen atoms in total. The molecule has 1 aromatic heterocycles. The maximum Gasteiger partial charge on any atom is 0.237 e. The Hall–Kier alpha value is -0.720. The van der Waals surface area contributed by atoms with E-state index in [1.165, 1.54) is 12.5 Å². The minimum Gasteiger partial charge on any atom is -0.349 e. The SMILES string of the molecule is Cc1cc(F)c(Br)nc1CNC(=O)C1CC2CC2N1.Cl. The van der Waals surface area contributed by atoms with Gasteiger partial charge in [-0.25, -0.2) is 9.37 Å². The van der Waals surface area contributed by atoms with Gasteiger partial charge in [-0.3, -0.25) is 4.79 Å². The second-order valence-corrected chi connectivity index (χ2v) is 6.05. The Bertz CT molecular complexity index is 533. The molecule has 2 N–H and O–H groups in total. The van der Waals surface area contributed by atoms with Crippen molar-refractivity contribution in [3.63, 3.8) is 0 Å². The summed E-state index contributed by atoms with van der Waals surface area (Å²) in [5, 5.41) is 6.16. The number of pyridine rings is 1. The third-order valence-corrected chi connectivity index (χ3v) is 4.41. The van der Waals surface area contributed by atoms with E-state index in [9.17, 15) is 9.18 Å². The summed E-state index contributed by atoms with van der Waals surface area (Å²) in [5.74, 6) is 0.314. The molecule has 1 aromatic rings. The topological polar surface area (TPSA) is 54.0 Å². The van der Waals surface area contributed by atoms with Crippen LogP contribution in [0.2, 0.25) is 0 Å². The number of aryl methyl sites for hydroxylation is 1. The van der Waals surface area contributed by atoms with E-state index < -0.39 is 0 Å². The number of piperidine rings is 1. The van der Waals surface area contributed by atoms with Crippen LogP contribution in [0.4, 0.5) is 4.39 Å². The van der Waals surface area contributed by atoms with Crippen LogP contribution in [-0.2, 0) is 11.3 Å². The normalized spacial score (nSPS) is 26.6. The Kier molecular flexibility index (Phi) is 4.66. The molecule has 0 bridgehead atoms. The van der Waals surface area contributed by atoms with Crippen LogP contribution in [0.3, 0.4) is 0 Å². The molecule has 0 radical (unpaired) electrons. The largest absolute Gasteiger partial charge is 0.349 e. The Labute approximate surface area is 131 Å². The summed E-state index contributed by atoms with van der Waals surface area (Å²) in [7, 11) is 0. The number of fused-ring (bicyclic) bond motifs is 1. The number of nitrogens with zero attached hydrogens (tertiary/aromatic N) is 1. The summed E-state index contributed by atoms with van der Waals surface area (Å²) in [5.41, 5.74) is 1.42. The molecule has 3 atom stereocenters. The second kappa shape index (κ2) is 5.95. The third-order valence-electron chi connectivity index (χ3n) is 3.85. The van der Waals surface area contributed by atoms with Gasteiger partial charge in [-0.2, -0.15) is 0 Å². The minimum absolute atomic E-state index is 0. The van der Waals surface area contributed by atoms with E-state index in [1.54, 1.807) is 6.92 Å². The number of halogens is 3. The van der Waals surface area contributed by atoms with Gasteiger partial charge in [0.25, 0.3) is 0 Å². The monoisotopic (exact) mass is 363 g/mol. The summed E-state index contributed by atoms with van der Waals surface area (Å²) >= 11 is 3.06. The lowest BCUT2D eigenvalue weighted by Gasteiger charge is -2.14. The molecule has 7 heteroatoms. The van der Waals surface area contributed by atoms with Crippen LogP contribution in [0, 0.1) is 18.7 Å². The van der Waals surface area contributed by atoms with Crippen molar-refractivity contribution in [3.8, 4) is 0 Å². The fourth-order valence-electron chi connectivity index (χ4n) is 2.59. The first-order valence-electron chi connectivity index (χ1n) is 6.40. The molecule has 3 unspecified atom stereocenters. The van der Waals surface area contributed by atoms with Crippen molar-refractivity contribution in [2.45, 2.75) is 38.4 Å². The lowest BCUT2D eigenvalue weighted by molar-refractivity contribution is -0.123. The number of rotatable bonds is 3. The van der Waals surface area contributed by atoms with Crippen LogP contribution in [0.1, 0.15) is 24.1 Å². The molecule has 2 fully saturated rings. The van der Waals surface area contributed by atoms with Gasteiger partial charge in [-0.1, -0.05) is 0 Å². The van der Waals surface area contributed by atoms with E-state index in [0.717, 1.165) is 12.0 Å². The van der Waals surface area contributed by atoms with Gasteiger partial charge in [-0.15, -0.1) is 12.4 Å². The van der Waals surface area contributed by atoms with Gasteiger partial charge >= 0.3 is 0 Å². The van der Waals surface area contributed by atoms with Crippen molar-refractivity contribution in [3.05, 3.63) is 27.7 Å². The van der Waals surface area contributed by atoms with Crippen molar-refractivity contribution in [2.24, 2.45) is 5.92 Å². The molecule has 2 aliphatic rings. The molecule has 1 amide bonds. The van der Waals surface area contributed by atoms with Crippen molar-refractivity contribution >= 4 is 34.2 Å². The lowest BCUT2D eigenvalue weighted by atomic mass is 10.1. The van der Waals surface area contributed by atoms with E-state index in [-0.39, 0.29) is 34.8 Å². The van der Waals surface area contributed by atoms with E-state index in [1.807, 2.05) is 0 Å². The van der Waals surface area contributed by atoms with E-state index in [4.69, 9.17) is 0 Å². The van der Waals surface area contributed by atoms with Gasteiger partial charge in [-0.05, 0) is 53.2 Å². The Morgan fingerprint density at radius 1 is 1.60 bits per heavy atom. The number of carbonyl (C=O) groups excluding carboxylic acids is 1. The zero-order valence-corrected chi connectivity index (χ0v) is 13.4. The maximum absolute atomic E-state index is 13.2. The van der Waals surface area contributed by atoms with Gasteiger partial charge in [0, 0.05) is 6.04 Å². The van der Waals surface area contributed by atoms with Gasteiger partial charge < -0.3 is 10.6 Å². The molecule has 1 aliphatic heterocycles. The van der Waals surface area contributed by atoms with Gasteiger partial charge in [0.2, 0.25) is 5.91 Å². The Morgan fingerprint density at radius 2 is 2.35 bits per heavy atom. The number of hydrogen-bond acceptors (Lipinski definition) is 3. The number of amides is 1. The fraction of sp³-hybridized carbons (Fsp3) is 0.538. The van der Waals surface area contributed by atoms with Crippen LogP contribution in [-0.4, -0.2) is 23.0 Å². The summed E-state index contributed by atoms with van der Waals surface area (Å²) < 4.78 is 13.4. The summed E-state index contributed by atoms with van der Waals surface area (Å²) in [6.45, 7) is 2.12. The van der Waals surface area contributed by atoms with E-state index in [0.29, 0.717) is 24.2 Å². The predicted octanol–water partition coefficient (Wildman–Crippen LogP) is 2.08. The summed E-state index contributed by atoms with van der Waals surface area (Å²) in [6, 6.07) is 1.89. The van der Waals surface area contributed by atoms with Crippen LogP contribution in [0.25, 0.3) is 0 Å². The molecule has 110 valence electrons. The molecule has 1 saturated heterocycles. The lowest BCUT2D eigenvalue weighted by Crippen LogP contribution is -2.42. The smallest absolute Gasteiger partial charge is 0.237 e. The number of carbonyl (C=O) groups is 1. The molecule has 0 aromatic carbocycles. The highest BCUT2D eigenvalue weighted by Gasteiger charge is 2.47. The first-order chi connectivity index (χ1) is 9.04.